The van der Waals surface area contributed by atoms with Gasteiger partial charge in [0, 0.05) is 25.7 Å². The molecule has 0 radical (unpaired) electrons. The first-order valence-corrected chi connectivity index (χ1v) is 9.31. The molecule has 0 saturated carbocycles. The molecule has 0 aromatic heterocycles. The molecule has 3 N–H and O–H groups in total. The third kappa shape index (κ3) is 4.66. The van der Waals surface area contributed by atoms with E-state index in [2.05, 4.69) is 18.0 Å². The summed E-state index contributed by atoms with van der Waals surface area (Å²) in [5.41, 5.74) is 0.860. The molecule has 2 unspecified atom stereocenters. The third-order valence-corrected chi connectivity index (χ3v) is 4.93. The second-order valence-corrected chi connectivity index (χ2v) is 7.36. The lowest BCUT2D eigenvalue weighted by atomic mass is 9.87. The number of likely N-dealkylation sites (N-methyl/N-ethyl adjacent to an activating group) is 1. The Hall–Kier alpha value is -2.51. The molecule has 2 heterocycles. The minimum atomic E-state index is -2.20. The molecule has 2 aliphatic heterocycles. The number of aliphatic imine (C=N–C) groups is 1. The van der Waals surface area contributed by atoms with Crippen molar-refractivity contribution in [1.82, 2.24) is 4.90 Å². The number of nitrogens with zero attached hydrogens (tertiary/aromatic N) is 2. The molecule has 0 aromatic rings. The van der Waals surface area contributed by atoms with Crippen LogP contribution in [0.25, 0.3) is 0 Å². The van der Waals surface area contributed by atoms with Crippen molar-refractivity contribution in [3.63, 3.8) is 0 Å². The van der Waals surface area contributed by atoms with Crippen LogP contribution in [-0.2, 0) is 9.59 Å². The SMILES string of the molecule is C/C=C\C(C)CC1/C=C(C)/C(C(=O)C(O)O)=C2/CN(C)C(=O)/C2=C(\O)C=NC1. The smallest absolute Gasteiger partial charge is 0.258 e. The maximum Gasteiger partial charge on any atom is 0.258 e. The molecular weight excluding hydrogens is 360 g/mol. The van der Waals surface area contributed by atoms with E-state index in [0.29, 0.717) is 12.1 Å². The van der Waals surface area contributed by atoms with Crippen molar-refractivity contribution < 1.29 is 24.9 Å². The summed E-state index contributed by atoms with van der Waals surface area (Å²) < 4.78 is 0. The summed E-state index contributed by atoms with van der Waals surface area (Å²) in [5.74, 6) is -1.40. The zero-order valence-corrected chi connectivity index (χ0v) is 16.7. The lowest BCUT2D eigenvalue weighted by molar-refractivity contribution is -0.140. The van der Waals surface area contributed by atoms with Crippen LogP contribution in [-0.4, -0.2) is 64.6 Å². The van der Waals surface area contributed by atoms with Crippen LogP contribution < -0.4 is 0 Å². The summed E-state index contributed by atoms with van der Waals surface area (Å²) in [6.45, 7) is 6.20. The van der Waals surface area contributed by atoms with Crippen molar-refractivity contribution in [2.24, 2.45) is 16.8 Å². The van der Waals surface area contributed by atoms with Gasteiger partial charge in [-0.25, -0.2) is 0 Å². The first-order valence-electron chi connectivity index (χ1n) is 9.31. The van der Waals surface area contributed by atoms with E-state index in [1.165, 1.54) is 11.1 Å². The molecule has 7 nitrogen and oxygen atoms in total. The Morgan fingerprint density at radius 1 is 1.43 bits per heavy atom. The van der Waals surface area contributed by atoms with Gasteiger partial charge in [0.25, 0.3) is 5.91 Å². The Morgan fingerprint density at radius 3 is 2.71 bits per heavy atom. The normalized spacial score (nSPS) is 29.2. The van der Waals surface area contributed by atoms with Crippen LogP contribution in [0, 0.1) is 11.8 Å². The van der Waals surface area contributed by atoms with Gasteiger partial charge < -0.3 is 20.2 Å². The Morgan fingerprint density at radius 2 is 2.11 bits per heavy atom. The van der Waals surface area contributed by atoms with Gasteiger partial charge in [0.2, 0.25) is 12.1 Å². The number of ketones is 1. The highest BCUT2D eigenvalue weighted by Crippen LogP contribution is 2.32. The van der Waals surface area contributed by atoms with Gasteiger partial charge >= 0.3 is 0 Å². The number of carbonyl (C=O) groups excluding carboxylic acids is 2. The van der Waals surface area contributed by atoms with Crippen LogP contribution in [0.15, 0.2) is 51.3 Å². The maximum absolute atomic E-state index is 12.6. The molecule has 2 aliphatic rings. The van der Waals surface area contributed by atoms with Crippen molar-refractivity contribution in [2.45, 2.75) is 33.5 Å². The number of fused-ring (bicyclic) bond motifs is 1. The van der Waals surface area contributed by atoms with Crippen LogP contribution in [0.4, 0.5) is 0 Å². The predicted molar refractivity (Wildman–Crippen MR) is 107 cm³/mol. The standard InChI is InChI=1S/C21H28N2O5/c1-5-6-12(2)7-14-8-13(3)17(19(25)21(27)28)15-11-23(4)20(26)18(15)16(24)10-22-9-14/h5-6,8,10,12,14,21,24,27-28H,7,9,11H2,1-4H3/b6-5-,13-8+,17-15+,18-16-,22-10?. The molecule has 2 atom stereocenters. The summed E-state index contributed by atoms with van der Waals surface area (Å²) in [7, 11) is 1.55. The largest absolute Gasteiger partial charge is 0.505 e. The second kappa shape index (κ2) is 9.12. The number of amides is 1. The van der Waals surface area contributed by atoms with E-state index in [1.807, 2.05) is 19.1 Å². The lowest BCUT2D eigenvalue weighted by Gasteiger charge is -2.19. The summed E-state index contributed by atoms with van der Waals surface area (Å²) >= 11 is 0. The average Bonchev–Trinajstić information content (AvgIpc) is 2.89. The van der Waals surface area contributed by atoms with E-state index in [9.17, 15) is 24.9 Å². The zero-order valence-electron chi connectivity index (χ0n) is 16.7. The minimum Gasteiger partial charge on any atom is -0.505 e. The first-order chi connectivity index (χ1) is 13.2. The number of hydrogen-bond donors (Lipinski definition) is 3. The summed E-state index contributed by atoms with van der Waals surface area (Å²) in [6, 6.07) is 0. The van der Waals surface area contributed by atoms with Crippen LogP contribution in [0.2, 0.25) is 0 Å². The highest BCUT2D eigenvalue weighted by Gasteiger charge is 2.36. The Kier molecular flexibility index (Phi) is 7.10. The molecule has 2 rings (SSSR count). The third-order valence-electron chi connectivity index (χ3n) is 4.93. The van der Waals surface area contributed by atoms with Gasteiger partial charge in [0.05, 0.1) is 11.8 Å². The Bertz CT molecular complexity index is 802. The molecule has 0 bridgehead atoms. The molecule has 152 valence electrons. The summed E-state index contributed by atoms with van der Waals surface area (Å²) in [5, 5.41) is 29.5. The monoisotopic (exact) mass is 388 g/mol. The molecular formula is C21H28N2O5. The van der Waals surface area contributed by atoms with Crippen LogP contribution in [0.1, 0.15) is 27.2 Å². The van der Waals surface area contributed by atoms with Crippen molar-refractivity contribution in [3.8, 4) is 0 Å². The van der Waals surface area contributed by atoms with Gasteiger partial charge in [-0.05, 0) is 43.3 Å². The summed E-state index contributed by atoms with van der Waals surface area (Å²) in [4.78, 5) is 30.7. The molecule has 28 heavy (non-hydrogen) atoms. The van der Waals surface area contributed by atoms with Crippen LogP contribution in [0.5, 0.6) is 0 Å². The Labute approximate surface area is 165 Å². The van der Waals surface area contributed by atoms with Gasteiger partial charge in [-0.2, -0.15) is 0 Å². The van der Waals surface area contributed by atoms with Gasteiger partial charge in [0.15, 0.2) is 0 Å². The van der Waals surface area contributed by atoms with E-state index in [-0.39, 0.29) is 40.9 Å². The van der Waals surface area contributed by atoms with E-state index in [4.69, 9.17) is 0 Å². The van der Waals surface area contributed by atoms with Crippen LogP contribution >= 0.6 is 0 Å². The number of carbonyl (C=O) groups is 2. The fraction of sp³-hybridized carbons (Fsp3) is 0.476. The quantitative estimate of drug-likeness (QED) is 0.490. The minimum absolute atomic E-state index is 0.0223. The van der Waals surface area contributed by atoms with Crippen molar-refractivity contribution in [3.05, 3.63) is 46.3 Å². The average molecular weight is 388 g/mol. The van der Waals surface area contributed by atoms with Crippen LogP contribution in [0.3, 0.4) is 0 Å². The molecule has 7 heteroatoms. The molecule has 1 saturated heterocycles. The number of aliphatic hydroxyl groups is 3. The highest BCUT2D eigenvalue weighted by molar-refractivity contribution is 6.11. The van der Waals surface area contributed by atoms with Gasteiger partial charge in [0.1, 0.15) is 5.76 Å². The number of allylic oxidation sites excluding steroid dienone is 4. The molecule has 1 amide bonds. The molecule has 0 aliphatic carbocycles. The number of hydrogen-bond acceptors (Lipinski definition) is 6. The Balaban J connectivity index is 2.65. The fourth-order valence-corrected chi connectivity index (χ4v) is 3.74. The zero-order chi connectivity index (χ0) is 21.0. The van der Waals surface area contributed by atoms with Crippen molar-refractivity contribution in [2.75, 3.05) is 20.1 Å². The van der Waals surface area contributed by atoms with E-state index >= 15 is 0 Å². The molecule has 0 spiro atoms. The van der Waals surface area contributed by atoms with Gasteiger partial charge in [-0.3, -0.25) is 14.6 Å². The van der Waals surface area contributed by atoms with Gasteiger partial charge in [-0.15, -0.1) is 0 Å². The van der Waals surface area contributed by atoms with Gasteiger partial charge in [-0.1, -0.05) is 25.2 Å². The van der Waals surface area contributed by atoms with E-state index < -0.39 is 18.0 Å². The molecule has 0 aromatic carbocycles. The predicted octanol–water partition coefficient (Wildman–Crippen LogP) is 1.70. The van der Waals surface area contributed by atoms with E-state index in [0.717, 1.165) is 6.42 Å². The van der Waals surface area contributed by atoms with Crippen molar-refractivity contribution >= 4 is 17.9 Å². The highest BCUT2D eigenvalue weighted by atomic mass is 16.5. The topological polar surface area (TPSA) is 110 Å². The molecule has 1 fully saturated rings. The maximum atomic E-state index is 12.6. The first kappa shape index (κ1) is 21.8. The number of rotatable bonds is 5. The number of likely N-dealkylation sites (tertiary alicyclic amines) is 1. The number of aliphatic hydroxyl groups excluding tert-OH is 2. The fourth-order valence-electron chi connectivity index (χ4n) is 3.74. The van der Waals surface area contributed by atoms with Crippen molar-refractivity contribution in [1.29, 1.82) is 0 Å². The number of Topliss-reactive ketones (excluding diaryl/α,β-unsaturated/α-hetero) is 1. The summed E-state index contributed by atoms with van der Waals surface area (Å²) in [6.07, 6.45) is 5.76. The second-order valence-electron chi connectivity index (χ2n) is 7.36. The lowest BCUT2D eigenvalue weighted by Crippen LogP contribution is -2.24. The van der Waals surface area contributed by atoms with E-state index in [1.54, 1.807) is 14.0 Å².